The Morgan fingerprint density at radius 2 is 2.10 bits per heavy atom. The summed E-state index contributed by atoms with van der Waals surface area (Å²) in [5.74, 6) is 0.0260. The zero-order chi connectivity index (χ0) is 15.3. The van der Waals surface area contributed by atoms with Gasteiger partial charge >= 0.3 is 0 Å². The van der Waals surface area contributed by atoms with Crippen molar-refractivity contribution in [2.24, 2.45) is 0 Å². The van der Waals surface area contributed by atoms with Gasteiger partial charge in [-0.15, -0.1) is 0 Å². The number of amides is 1. The number of hydrogen-bond acceptors (Lipinski definition) is 3. The molecule has 0 bridgehead atoms. The lowest BCUT2D eigenvalue weighted by molar-refractivity contribution is -0.125. The lowest BCUT2D eigenvalue weighted by atomic mass is 9.84. The maximum atomic E-state index is 12.4. The molecule has 1 aliphatic rings. The Morgan fingerprint density at radius 3 is 2.76 bits per heavy atom. The van der Waals surface area contributed by atoms with Crippen LogP contribution >= 0.6 is 11.6 Å². The Labute approximate surface area is 131 Å². The third-order valence-electron chi connectivity index (χ3n) is 3.93. The van der Waals surface area contributed by atoms with Gasteiger partial charge in [-0.2, -0.15) is 0 Å². The molecule has 1 aliphatic heterocycles. The Balaban J connectivity index is 1.86. The average molecular weight is 311 g/mol. The van der Waals surface area contributed by atoms with Crippen LogP contribution in [-0.4, -0.2) is 50.2 Å². The molecule has 1 amide bonds. The molecule has 1 aromatic rings. The van der Waals surface area contributed by atoms with Crippen LogP contribution in [0, 0.1) is 0 Å². The number of benzene rings is 1. The van der Waals surface area contributed by atoms with Gasteiger partial charge in [-0.3, -0.25) is 9.69 Å². The number of halogens is 1. The minimum absolute atomic E-state index is 0.0260. The van der Waals surface area contributed by atoms with Crippen molar-refractivity contribution < 1.29 is 9.53 Å². The molecule has 0 spiro atoms. The molecular formula is C16H23ClN2O2. The smallest absolute Gasteiger partial charge is 0.230 e. The minimum atomic E-state index is -0.587. The van der Waals surface area contributed by atoms with Gasteiger partial charge in [0.1, 0.15) is 0 Å². The number of hydrogen-bond donors (Lipinski definition) is 1. The monoisotopic (exact) mass is 310 g/mol. The van der Waals surface area contributed by atoms with Crippen molar-refractivity contribution >= 4 is 17.5 Å². The molecule has 1 N–H and O–H groups in total. The van der Waals surface area contributed by atoms with E-state index in [1.165, 1.54) is 0 Å². The molecule has 2 rings (SSSR count). The van der Waals surface area contributed by atoms with Gasteiger partial charge in [-0.1, -0.05) is 23.7 Å². The maximum absolute atomic E-state index is 12.4. The molecule has 1 saturated heterocycles. The van der Waals surface area contributed by atoms with Crippen LogP contribution in [-0.2, 0) is 14.9 Å². The highest BCUT2D eigenvalue weighted by atomic mass is 35.5. The molecule has 0 unspecified atom stereocenters. The molecule has 0 atom stereocenters. The van der Waals surface area contributed by atoms with Crippen LogP contribution in [0.1, 0.15) is 19.4 Å². The van der Waals surface area contributed by atoms with Gasteiger partial charge < -0.3 is 10.1 Å². The summed E-state index contributed by atoms with van der Waals surface area (Å²) in [6.45, 7) is 8.79. The van der Waals surface area contributed by atoms with E-state index in [-0.39, 0.29) is 5.91 Å². The van der Waals surface area contributed by atoms with E-state index in [0.717, 1.165) is 38.4 Å². The van der Waals surface area contributed by atoms with Gasteiger partial charge in [0.15, 0.2) is 0 Å². The number of carbonyl (C=O) groups excluding carboxylic acids is 1. The summed E-state index contributed by atoms with van der Waals surface area (Å²) in [6, 6.07) is 7.48. The van der Waals surface area contributed by atoms with E-state index in [4.69, 9.17) is 16.3 Å². The summed E-state index contributed by atoms with van der Waals surface area (Å²) >= 11 is 6.01. The fraction of sp³-hybridized carbons (Fsp3) is 0.562. The van der Waals surface area contributed by atoms with Crippen molar-refractivity contribution in [1.82, 2.24) is 10.2 Å². The predicted octanol–water partition coefficient (Wildman–Crippen LogP) is 2.07. The van der Waals surface area contributed by atoms with E-state index < -0.39 is 5.41 Å². The average Bonchev–Trinajstić information content (AvgIpc) is 2.48. The summed E-state index contributed by atoms with van der Waals surface area (Å²) in [5.41, 5.74) is 0.342. The Hall–Kier alpha value is -1.10. The predicted molar refractivity (Wildman–Crippen MR) is 84.7 cm³/mol. The van der Waals surface area contributed by atoms with E-state index >= 15 is 0 Å². The summed E-state index contributed by atoms with van der Waals surface area (Å²) in [5, 5.41) is 3.68. The van der Waals surface area contributed by atoms with Crippen LogP contribution in [0.15, 0.2) is 24.3 Å². The molecule has 21 heavy (non-hydrogen) atoms. The molecule has 0 aromatic heterocycles. The van der Waals surface area contributed by atoms with Crippen LogP contribution in [0.5, 0.6) is 0 Å². The summed E-state index contributed by atoms with van der Waals surface area (Å²) in [4.78, 5) is 14.7. The van der Waals surface area contributed by atoms with Crippen molar-refractivity contribution in [3.05, 3.63) is 34.9 Å². The van der Waals surface area contributed by atoms with Crippen LogP contribution in [0.3, 0.4) is 0 Å². The summed E-state index contributed by atoms with van der Waals surface area (Å²) in [6.07, 6.45) is 0. The second kappa shape index (κ2) is 7.25. The second-order valence-electron chi connectivity index (χ2n) is 5.85. The van der Waals surface area contributed by atoms with Crippen LogP contribution in [0.25, 0.3) is 0 Å². The van der Waals surface area contributed by atoms with E-state index in [1.807, 2.05) is 38.1 Å². The van der Waals surface area contributed by atoms with Gasteiger partial charge in [0.2, 0.25) is 5.91 Å². The van der Waals surface area contributed by atoms with Crippen LogP contribution in [0.4, 0.5) is 0 Å². The molecule has 1 fully saturated rings. The van der Waals surface area contributed by atoms with Crippen molar-refractivity contribution in [3.8, 4) is 0 Å². The third-order valence-corrected chi connectivity index (χ3v) is 4.17. The minimum Gasteiger partial charge on any atom is -0.379 e. The number of rotatable bonds is 5. The van der Waals surface area contributed by atoms with Gasteiger partial charge in [0.25, 0.3) is 0 Å². The van der Waals surface area contributed by atoms with Crippen molar-refractivity contribution in [3.63, 3.8) is 0 Å². The van der Waals surface area contributed by atoms with Crippen molar-refractivity contribution in [2.75, 3.05) is 39.4 Å². The highest BCUT2D eigenvalue weighted by molar-refractivity contribution is 6.30. The van der Waals surface area contributed by atoms with Gasteiger partial charge in [0, 0.05) is 31.2 Å². The topological polar surface area (TPSA) is 41.6 Å². The van der Waals surface area contributed by atoms with E-state index in [9.17, 15) is 4.79 Å². The first-order chi connectivity index (χ1) is 10.00. The molecular weight excluding hydrogens is 288 g/mol. The molecule has 0 aliphatic carbocycles. The standard InChI is InChI=1S/C16H23ClN2O2/c1-16(2,13-4-3-5-14(17)12-13)15(20)18-6-7-19-8-10-21-11-9-19/h3-5,12H,6-11H2,1-2H3,(H,18,20). The Morgan fingerprint density at radius 1 is 1.38 bits per heavy atom. The fourth-order valence-corrected chi connectivity index (χ4v) is 2.57. The maximum Gasteiger partial charge on any atom is 0.230 e. The van der Waals surface area contributed by atoms with E-state index in [1.54, 1.807) is 0 Å². The first-order valence-corrected chi connectivity index (χ1v) is 7.72. The second-order valence-corrected chi connectivity index (χ2v) is 6.28. The molecule has 1 aromatic carbocycles. The quantitative estimate of drug-likeness (QED) is 0.905. The van der Waals surface area contributed by atoms with Gasteiger partial charge in [0.05, 0.1) is 18.6 Å². The van der Waals surface area contributed by atoms with Gasteiger partial charge in [-0.05, 0) is 31.5 Å². The molecule has 0 saturated carbocycles. The van der Waals surface area contributed by atoms with E-state index in [2.05, 4.69) is 10.2 Å². The summed E-state index contributed by atoms with van der Waals surface area (Å²) in [7, 11) is 0. The van der Waals surface area contributed by atoms with Crippen LogP contribution in [0.2, 0.25) is 5.02 Å². The first kappa shape index (κ1) is 16.3. The van der Waals surface area contributed by atoms with Crippen molar-refractivity contribution in [1.29, 1.82) is 0 Å². The van der Waals surface area contributed by atoms with Gasteiger partial charge in [-0.25, -0.2) is 0 Å². The molecule has 116 valence electrons. The van der Waals surface area contributed by atoms with Crippen molar-refractivity contribution in [2.45, 2.75) is 19.3 Å². The number of ether oxygens (including phenoxy) is 1. The fourth-order valence-electron chi connectivity index (χ4n) is 2.38. The normalized spacial score (nSPS) is 16.7. The Bertz CT molecular complexity index is 485. The SMILES string of the molecule is CC(C)(C(=O)NCCN1CCOCC1)c1cccc(Cl)c1. The lowest BCUT2D eigenvalue weighted by Crippen LogP contribution is -2.45. The lowest BCUT2D eigenvalue weighted by Gasteiger charge is -2.28. The van der Waals surface area contributed by atoms with E-state index in [0.29, 0.717) is 11.6 Å². The molecule has 1 heterocycles. The zero-order valence-corrected chi connectivity index (χ0v) is 13.4. The molecule has 0 radical (unpaired) electrons. The first-order valence-electron chi connectivity index (χ1n) is 7.34. The highest BCUT2D eigenvalue weighted by Crippen LogP contribution is 2.25. The largest absolute Gasteiger partial charge is 0.379 e. The number of carbonyl (C=O) groups is 1. The number of nitrogens with zero attached hydrogens (tertiary/aromatic N) is 1. The number of morpholine rings is 1. The zero-order valence-electron chi connectivity index (χ0n) is 12.7. The third kappa shape index (κ3) is 4.43. The Kier molecular flexibility index (Phi) is 5.62. The highest BCUT2D eigenvalue weighted by Gasteiger charge is 2.29. The van der Waals surface area contributed by atoms with Crippen LogP contribution < -0.4 is 5.32 Å². The number of nitrogens with one attached hydrogen (secondary N) is 1. The summed E-state index contributed by atoms with van der Waals surface area (Å²) < 4.78 is 5.31. The molecule has 4 nitrogen and oxygen atoms in total. The molecule has 5 heteroatoms.